The number of piperidine rings is 1. The normalized spacial score (nSPS) is 27.9. The minimum atomic E-state index is -1.02. The molecule has 3 aromatic rings. The first-order valence-corrected chi connectivity index (χ1v) is 10.1. The van der Waals surface area contributed by atoms with Crippen LogP contribution < -0.4 is 5.32 Å². The summed E-state index contributed by atoms with van der Waals surface area (Å²) >= 11 is 0. The van der Waals surface area contributed by atoms with Crippen molar-refractivity contribution in [3.8, 4) is 22.8 Å². The number of allylic oxidation sites excluding steroid dienone is 1. The molecule has 2 aromatic heterocycles. The van der Waals surface area contributed by atoms with Crippen molar-refractivity contribution in [2.24, 2.45) is 5.92 Å². The maximum atomic E-state index is 15.2. The van der Waals surface area contributed by atoms with Crippen LogP contribution in [0.4, 0.5) is 4.39 Å². The van der Waals surface area contributed by atoms with Gasteiger partial charge in [0.15, 0.2) is 5.82 Å². The standard InChI is InChI=1S/C22H23FN6O/c1-13(17-9-14-5-6-22(2,26-14)20(17)23)18-11-25-21(28-27-18)16-4-3-15(10-19(16)30)29-8-7-24-12-29/h3-4,7-8,10-12,14,17,20,26,30H,1,5-6,9H2,2H3/t14-,17+,20-,22+/m1/s1. The molecular weight excluding hydrogens is 383 g/mol. The largest absolute Gasteiger partial charge is 0.507 e. The van der Waals surface area contributed by atoms with E-state index in [9.17, 15) is 5.11 Å². The third-order valence-corrected chi connectivity index (χ3v) is 6.41. The van der Waals surface area contributed by atoms with Crippen LogP contribution in [0.5, 0.6) is 5.75 Å². The zero-order chi connectivity index (χ0) is 20.9. The molecule has 30 heavy (non-hydrogen) atoms. The molecule has 1 aromatic carbocycles. The van der Waals surface area contributed by atoms with Crippen LogP contribution in [0.15, 0.2) is 49.7 Å². The highest BCUT2D eigenvalue weighted by molar-refractivity contribution is 5.67. The van der Waals surface area contributed by atoms with E-state index in [1.54, 1.807) is 41.6 Å². The molecule has 8 heteroatoms. The van der Waals surface area contributed by atoms with E-state index in [1.165, 1.54) is 0 Å². The van der Waals surface area contributed by atoms with Gasteiger partial charge >= 0.3 is 0 Å². The van der Waals surface area contributed by atoms with E-state index >= 15 is 4.39 Å². The molecule has 2 fully saturated rings. The molecule has 154 valence electrons. The molecule has 0 radical (unpaired) electrons. The number of hydrogen-bond acceptors (Lipinski definition) is 6. The molecule has 2 aliphatic heterocycles. The molecule has 2 aliphatic rings. The highest BCUT2D eigenvalue weighted by Gasteiger charge is 2.51. The van der Waals surface area contributed by atoms with Gasteiger partial charge in [-0.3, -0.25) is 0 Å². The summed E-state index contributed by atoms with van der Waals surface area (Å²) in [6.45, 7) is 6.06. The summed E-state index contributed by atoms with van der Waals surface area (Å²) in [5, 5.41) is 22.3. The Balaban J connectivity index is 1.38. The summed E-state index contributed by atoms with van der Waals surface area (Å²) in [6.07, 6.45) is 8.17. The smallest absolute Gasteiger partial charge is 0.185 e. The number of phenolic OH excluding ortho intramolecular Hbond substituents is 1. The molecule has 0 amide bonds. The third-order valence-electron chi connectivity index (χ3n) is 6.41. The Hall–Kier alpha value is -3.13. The van der Waals surface area contributed by atoms with E-state index in [2.05, 4.69) is 32.1 Å². The Morgan fingerprint density at radius 3 is 2.93 bits per heavy atom. The maximum Gasteiger partial charge on any atom is 0.185 e. The average Bonchev–Trinajstić information content (AvgIpc) is 3.40. The highest BCUT2D eigenvalue weighted by Crippen LogP contribution is 2.44. The zero-order valence-electron chi connectivity index (χ0n) is 16.7. The molecule has 2 bridgehead atoms. The molecule has 0 saturated carbocycles. The van der Waals surface area contributed by atoms with E-state index in [-0.39, 0.29) is 11.7 Å². The number of halogens is 1. The molecule has 4 atom stereocenters. The first-order valence-electron chi connectivity index (χ1n) is 10.1. The summed E-state index contributed by atoms with van der Waals surface area (Å²) in [4.78, 5) is 8.37. The number of benzene rings is 1. The number of hydrogen-bond donors (Lipinski definition) is 2. The lowest BCUT2D eigenvalue weighted by molar-refractivity contribution is 0.103. The average molecular weight is 406 g/mol. The summed E-state index contributed by atoms with van der Waals surface area (Å²) in [7, 11) is 0. The predicted octanol–water partition coefficient (Wildman–Crippen LogP) is 3.31. The van der Waals surface area contributed by atoms with Gasteiger partial charge in [-0.05, 0) is 43.9 Å². The van der Waals surface area contributed by atoms with Gasteiger partial charge in [0.25, 0.3) is 0 Å². The Bertz CT molecular complexity index is 1080. The Morgan fingerprint density at radius 2 is 2.23 bits per heavy atom. The van der Waals surface area contributed by atoms with Crippen LogP contribution in [-0.4, -0.2) is 47.6 Å². The quantitative estimate of drug-likeness (QED) is 0.691. The highest BCUT2D eigenvalue weighted by atomic mass is 19.1. The van der Waals surface area contributed by atoms with Gasteiger partial charge in [-0.15, -0.1) is 10.2 Å². The van der Waals surface area contributed by atoms with Crippen molar-refractivity contribution in [3.63, 3.8) is 0 Å². The van der Waals surface area contributed by atoms with Crippen molar-refractivity contribution in [3.05, 3.63) is 55.4 Å². The van der Waals surface area contributed by atoms with Crippen molar-refractivity contribution >= 4 is 5.57 Å². The van der Waals surface area contributed by atoms with Crippen LogP contribution in [0.3, 0.4) is 0 Å². The summed E-state index contributed by atoms with van der Waals surface area (Å²) in [5.41, 5.74) is 1.87. The number of fused-ring (bicyclic) bond motifs is 2. The number of rotatable bonds is 4. The van der Waals surface area contributed by atoms with Gasteiger partial charge in [0.2, 0.25) is 0 Å². The van der Waals surface area contributed by atoms with E-state index in [1.807, 2.05) is 13.0 Å². The van der Waals surface area contributed by atoms with Crippen LogP contribution in [0.2, 0.25) is 0 Å². The monoisotopic (exact) mass is 406 g/mol. The molecule has 2 saturated heterocycles. The fourth-order valence-corrected chi connectivity index (χ4v) is 4.69. The van der Waals surface area contributed by atoms with E-state index in [0.29, 0.717) is 35.1 Å². The second-order valence-corrected chi connectivity index (χ2v) is 8.41. The first-order chi connectivity index (χ1) is 14.4. The molecule has 0 spiro atoms. The number of imidazole rings is 1. The topological polar surface area (TPSA) is 88.8 Å². The summed E-state index contributed by atoms with van der Waals surface area (Å²) < 4.78 is 17.0. The van der Waals surface area contributed by atoms with Crippen LogP contribution in [0.25, 0.3) is 22.6 Å². The van der Waals surface area contributed by atoms with E-state index in [4.69, 9.17) is 0 Å². The van der Waals surface area contributed by atoms with E-state index < -0.39 is 11.7 Å². The zero-order valence-corrected chi connectivity index (χ0v) is 16.7. The van der Waals surface area contributed by atoms with Crippen LogP contribution in [0, 0.1) is 5.92 Å². The van der Waals surface area contributed by atoms with Gasteiger partial charge in [0.05, 0.1) is 23.8 Å². The summed E-state index contributed by atoms with van der Waals surface area (Å²) in [6, 6.07) is 5.51. The molecule has 2 N–H and O–H groups in total. The molecule has 0 aliphatic carbocycles. The van der Waals surface area contributed by atoms with Crippen molar-refractivity contribution < 1.29 is 9.50 Å². The van der Waals surface area contributed by atoms with Crippen molar-refractivity contribution in [1.29, 1.82) is 0 Å². The minimum absolute atomic E-state index is 0.0428. The van der Waals surface area contributed by atoms with Gasteiger partial charge in [-0.2, -0.15) is 0 Å². The molecule has 0 unspecified atom stereocenters. The number of nitrogens with zero attached hydrogens (tertiary/aromatic N) is 5. The Kier molecular flexibility index (Phi) is 4.39. The van der Waals surface area contributed by atoms with Gasteiger partial charge in [0.1, 0.15) is 17.6 Å². The summed E-state index contributed by atoms with van der Waals surface area (Å²) in [5.74, 6) is 0.0465. The number of nitrogens with one attached hydrogen (secondary N) is 1. The SMILES string of the molecule is C=C(c1cnc(-c2ccc(-n3ccnc3)cc2O)nn1)[C@@H]1C[C@H]2CC[C@](C)(N2)[C@@H]1F. The van der Waals surface area contributed by atoms with Gasteiger partial charge in [0, 0.05) is 36.0 Å². The second kappa shape index (κ2) is 6.98. The van der Waals surface area contributed by atoms with Gasteiger partial charge < -0.3 is 15.0 Å². The van der Waals surface area contributed by atoms with Gasteiger partial charge in [-0.25, -0.2) is 14.4 Å². The lowest BCUT2D eigenvalue weighted by atomic mass is 9.78. The lowest BCUT2D eigenvalue weighted by Gasteiger charge is -2.40. The lowest BCUT2D eigenvalue weighted by Crippen LogP contribution is -2.56. The molecule has 7 nitrogen and oxygen atoms in total. The Labute approximate surface area is 173 Å². The van der Waals surface area contributed by atoms with Crippen LogP contribution in [-0.2, 0) is 0 Å². The van der Waals surface area contributed by atoms with Crippen molar-refractivity contribution in [2.45, 2.75) is 43.9 Å². The first kappa shape index (κ1) is 18.9. The number of aromatic hydroxyl groups is 1. The molecular formula is C22H23FN6O. The van der Waals surface area contributed by atoms with Crippen LogP contribution >= 0.6 is 0 Å². The van der Waals surface area contributed by atoms with Gasteiger partial charge in [-0.1, -0.05) is 6.58 Å². The fraction of sp³-hybridized carbons (Fsp3) is 0.364. The van der Waals surface area contributed by atoms with Crippen molar-refractivity contribution in [1.82, 2.24) is 30.0 Å². The molecule has 5 rings (SSSR count). The number of alkyl halides is 1. The molecule has 4 heterocycles. The second-order valence-electron chi connectivity index (χ2n) is 8.41. The minimum Gasteiger partial charge on any atom is -0.507 e. The number of phenols is 1. The Morgan fingerprint density at radius 1 is 1.37 bits per heavy atom. The third kappa shape index (κ3) is 3.08. The number of aromatic nitrogens is 5. The fourth-order valence-electron chi connectivity index (χ4n) is 4.69. The maximum absolute atomic E-state index is 15.2. The van der Waals surface area contributed by atoms with E-state index in [0.717, 1.165) is 18.5 Å². The van der Waals surface area contributed by atoms with Crippen molar-refractivity contribution in [2.75, 3.05) is 0 Å². The van der Waals surface area contributed by atoms with Crippen LogP contribution in [0.1, 0.15) is 31.9 Å². The predicted molar refractivity (Wildman–Crippen MR) is 111 cm³/mol.